The van der Waals surface area contributed by atoms with Crippen molar-refractivity contribution in [2.24, 2.45) is 0 Å². The molecule has 2 aromatic rings. The average Bonchev–Trinajstić information content (AvgIpc) is 2.70. The van der Waals surface area contributed by atoms with E-state index in [1.165, 1.54) is 13.8 Å². The van der Waals surface area contributed by atoms with Crippen LogP contribution in [0.4, 0.5) is 4.39 Å². The monoisotopic (exact) mass is 269 g/mol. The van der Waals surface area contributed by atoms with Crippen molar-refractivity contribution in [1.29, 1.82) is 0 Å². The Morgan fingerprint density at radius 1 is 1.33 bits per heavy atom. The lowest BCUT2D eigenvalue weighted by Crippen LogP contribution is -2.09. The standard InChI is InChI=1S/C12H13ClFN3O/c1-7-4-5-8(10(13)15-7)6-9-16-11(18-17-9)12(2,3)14/h4-5H,6H2,1-3H3. The third kappa shape index (κ3) is 2.85. The first kappa shape index (κ1) is 13.0. The van der Waals surface area contributed by atoms with Crippen LogP contribution in [0.5, 0.6) is 0 Å². The van der Waals surface area contributed by atoms with Crippen molar-refractivity contribution >= 4 is 11.6 Å². The Kier molecular flexibility index (Phi) is 3.34. The molecule has 0 fully saturated rings. The Morgan fingerprint density at radius 3 is 2.61 bits per heavy atom. The zero-order valence-electron chi connectivity index (χ0n) is 10.4. The zero-order chi connectivity index (χ0) is 13.3. The molecule has 0 saturated carbocycles. The number of hydrogen-bond donors (Lipinski definition) is 0. The maximum Gasteiger partial charge on any atom is 0.263 e. The van der Waals surface area contributed by atoms with E-state index in [1.807, 2.05) is 19.1 Å². The summed E-state index contributed by atoms with van der Waals surface area (Å²) in [4.78, 5) is 8.13. The predicted octanol–water partition coefficient (Wildman–Crippen LogP) is 3.22. The van der Waals surface area contributed by atoms with Gasteiger partial charge in [-0.2, -0.15) is 4.98 Å². The second-order valence-corrected chi connectivity index (χ2v) is 4.93. The smallest absolute Gasteiger partial charge is 0.263 e. The molecule has 0 bridgehead atoms. The summed E-state index contributed by atoms with van der Waals surface area (Å²) in [6.45, 7) is 4.59. The highest BCUT2D eigenvalue weighted by Gasteiger charge is 2.26. The Bertz CT molecular complexity index is 563. The summed E-state index contributed by atoms with van der Waals surface area (Å²) in [5.41, 5.74) is -0.0191. The van der Waals surface area contributed by atoms with Gasteiger partial charge in [-0.3, -0.25) is 0 Å². The van der Waals surface area contributed by atoms with Crippen LogP contribution in [0.2, 0.25) is 5.15 Å². The maximum atomic E-state index is 13.6. The van der Waals surface area contributed by atoms with E-state index in [0.29, 0.717) is 17.4 Å². The van der Waals surface area contributed by atoms with E-state index in [0.717, 1.165) is 11.3 Å². The second-order valence-electron chi connectivity index (χ2n) is 4.57. The number of pyridine rings is 1. The molecular weight excluding hydrogens is 257 g/mol. The normalized spacial score (nSPS) is 11.8. The molecular formula is C12H13ClFN3O. The number of hydrogen-bond acceptors (Lipinski definition) is 4. The first-order chi connectivity index (χ1) is 8.36. The van der Waals surface area contributed by atoms with E-state index in [2.05, 4.69) is 15.1 Å². The van der Waals surface area contributed by atoms with Gasteiger partial charge < -0.3 is 4.52 Å². The molecule has 0 N–H and O–H groups in total. The maximum absolute atomic E-state index is 13.6. The van der Waals surface area contributed by atoms with Crippen LogP contribution in [0.1, 0.15) is 36.8 Å². The number of halogens is 2. The number of rotatable bonds is 3. The highest BCUT2D eigenvalue weighted by Crippen LogP contribution is 2.23. The van der Waals surface area contributed by atoms with Gasteiger partial charge in [-0.25, -0.2) is 9.37 Å². The Morgan fingerprint density at radius 2 is 2.06 bits per heavy atom. The van der Waals surface area contributed by atoms with Gasteiger partial charge in [0.15, 0.2) is 11.5 Å². The minimum Gasteiger partial charge on any atom is -0.336 e. The minimum absolute atomic E-state index is 0.0336. The van der Waals surface area contributed by atoms with E-state index in [-0.39, 0.29) is 5.89 Å². The molecule has 18 heavy (non-hydrogen) atoms. The van der Waals surface area contributed by atoms with Crippen LogP contribution in [0.15, 0.2) is 16.7 Å². The fourth-order valence-electron chi connectivity index (χ4n) is 1.42. The van der Waals surface area contributed by atoms with Gasteiger partial charge in [0, 0.05) is 12.1 Å². The Hall–Kier alpha value is -1.49. The molecule has 2 rings (SSSR count). The molecule has 0 aromatic carbocycles. The zero-order valence-corrected chi connectivity index (χ0v) is 11.1. The third-order valence-electron chi connectivity index (χ3n) is 2.39. The quantitative estimate of drug-likeness (QED) is 0.803. The van der Waals surface area contributed by atoms with Crippen LogP contribution in [-0.4, -0.2) is 15.1 Å². The van der Waals surface area contributed by atoms with Gasteiger partial charge in [0.2, 0.25) is 0 Å². The SMILES string of the molecule is Cc1ccc(Cc2noc(C(C)(C)F)n2)c(Cl)n1. The molecule has 2 aromatic heterocycles. The van der Waals surface area contributed by atoms with Crippen LogP contribution in [-0.2, 0) is 12.1 Å². The van der Waals surface area contributed by atoms with Crippen molar-refractivity contribution in [3.05, 3.63) is 40.3 Å². The van der Waals surface area contributed by atoms with Crippen molar-refractivity contribution in [2.45, 2.75) is 32.9 Å². The second kappa shape index (κ2) is 4.65. The molecule has 4 nitrogen and oxygen atoms in total. The average molecular weight is 270 g/mol. The van der Waals surface area contributed by atoms with Crippen molar-refractivity contribution in [2.75, 3.05) is 0 Å². The lowest BCUT2D eigenvalue weighted by molar-refractivity contribution is 0.155. The van der Waals surface area contributed by atoms with Crippen LogP contribution in [0, 0.1) is 6.92 Å². The van der Waals surface area contributed by atoms with Crippen LogP contribution >= 0.6 is 11.6 Å². The van der Waals surface area contributed by atoms with Gasteiger partial charge in [-0.05, 0) is 32.4 Å². The summed E-state index contributed by atoms with van der Waals surface area (Å²) in [5.74, 6) is 0.358. The summed E-state index contributed by atoms with van der Waals surface area (Å²) >= 11 is 6.00. The van der Waals surface area contributed by atoms with Gasteiger partial charge in [-0.1, -0.05) is 22.8 Å². The summed E-state index contributed by atoms with van der Waals surface area (Å²) in [7, 11) is 0. The topological polar surface area (TPSA) is 51.8 Å². The number of aryl methyl sites for hydroxylation is 1. The molecule has 0 saturated heterocycles. The molecule has 0 aliphatic heterocycles. The van der Waals surface area contributed by atoms with Crippen molar-refractivity contribution in [1.82, 2.24) is 15.1 Å². The van der Waals surface area contributed by atoms with Gasteiger partial charge in [0.05, 0.1) is 0 Å². The van der Waals surface area contributed by atoms with E-state index in [4.69, 9.17) is 16.1 Å². The minimum atomic E-state index is -1.64. The molecule has 0 atom stereocenters. The summed E-state index contributed by atoms with van der Waals surface area (Å²) in [5, 5.41) is 4.13. The largest absolute Gasteiger partial charge is 0.336 e. The number of aromatic nitrogens is 3. The molecule has 2 heterocycles. The summed E-state index contributed by atoms with van der Waals surface area (Å²) < 4.78 is 18.4. The van der Waals surface area contributed by atoms with Crippen LogP contribution in [0.3, 0.4) is 0 Å². The van der Waals surface area contributed by atoms with E-state index in [1.54, 1.807) is 0 Å². The molecule has 6 heteroatoms. The molecule has 0 spiro atoms. The van der Waals surface area contributed by atoms with Crippen molar-refractivity contribution in [3.63, 3.8) is 0 Å². The molecule has 0 amide bonds. The van der Waals surface area contributed by atoms with Crippen molar-refractivity contribution < 1.29 is 8.91 Å². The van der Waals surface area contributed by atoms with Gasteiger partial charge in [0.1, 0.15) is 5.15 Å². The lowest BCUT2D eigenvalue weighted by atomic mass is 10.1. The Balaban J connectivity index is 2.21. The van der Waals surface area contributed by atoms with Crippen molar-refractivity contribution in [3.8, 4) is 0 Å². The molecule has 0 aliphatic carbocycles. The molecule has 96 valence electrons. The molecule has 0 radical (unpaired) electrons. The summed E-state index contributed by atoms with van der Waals surface area (Å²) in [6.07, 6.45) is 0.367. The van der Waals surface area contributed by atoms with E-state index < -0.39 is 5.67 Å². The third-order valence-corrected chi connectivity index (χ3v) is 2.72. The highest BCUT2D eigenvalue weighted by molar-refractivity contribution is 6.30. The first-order valence-electron chi connectivity index (χ1n) is 5.50. The molecule has 0 aliphatic rings. The number of alkyl halides is 1. The fraction of sp³-hybridized carbons (Fsp3) is 0.417. The van der Waals surface area contributed by atoms with E-state index in [9.17, 15) is 4.39 Å². The van der Waals surface area contributed by atoms with Gasteiger partial charge in [0.25, 0.3) is 5.89 Å². The summed E-state index contributed by atoms with van der Waals surface area (Å²) in [6, 6.07) is 3.70. The van der Waals surface area contributed by atoms with Crippen LogP contribution in [0.25, 0.3) is 0 Å². The Labute approximate surface area is 109 Å². The van der Waals surface area contributed by atoms with Gasteiger partial charge >= 0.3 is 0 Å². The number of nitrogens with zero attached hydrogens (tertiary/aromatic N) is 3. The van der Waals surface area contributed by atoms with E-state index >= 15 is 0 Å². The predicted molar refractivity (Wildman–Crippen MR) is 65.2 cm³/mol. The fourth-order valence-corrected chi connectivity index (χ4v) is 1.69. The molecule has 0 unspecified atom stereocenters. The van der Waals surface area contributed by atoms with Crippen LogP contribution < -0.4 is 0 Å². The first-order valence-corrected chi connectivity index (χ1v) is 5.88. The van der Waals surface area contributed by atoms with Gasteiger partial charge in [-0.15, -0.1) is 0 Å². The highest BCUT2D eigenvalue weighted by atomic mass is 35.5. The lowest BCUT2D eigenvalue weighted by Gasteiger charge is -2.05.